The number of sulfonamides is 1. The summed E-state index contributed by atoms with van der Waals surface area (Å²) in [6, 6.07) is 18.4. The quantitative estimate of drug-likeness (QED) is 0.270. The molecule has 0 saturated heterocycles. The van der Waals surface area contributed by atoms with Gasteiger partial charge in [0.2, 0.25) is 5.75 Å². The number of hydrogen-bond acceptors (Lipinski definition) is 9. The summed E-state index contributed by atoms with van der Waals surface area (Å²) in [4.78, 5) is 13.4. The number of methoxy groups -OCH3 is 1. The molecular formula is C28H30N4O6S. The minimum Gasteiger partial charge on any atom is -0.493 e. The number of anilines is 1. The first-order valence-corrected chi connectivity index (χ1v) is 13.7. The molecule has 0 fully saturated rings. The lowest BCUT2D eigenvalue weighted by Crippen LogP contribution is -2.35. The second kappa shape index (κ2) is 12.5. The van der Waals surface area contributed by atoms with Gasteiger partial charge in [-0.25, -0.2) is 17.7 Å². The molecule has 204 valence electrons. The Bertz CT molecular complexity index is 1480. The van der Waals surface area contributed by atoms with Gasteiger partial charge in [-0.1, -0.05) is 44.2 Å². The van der Waals surface area contributed by atoms with Gasteiger partial charge in [0.1, 0.15) is 6.61 Å². The van der Waals surface area contributed by atoms with Crippen molar-refractivity contribution in [1.29, 1.82) is 0 Å². The molecule has 4 aromatic rings. The zero-order chi connectivity index (χ0) is 27.8. The molecule has 0 amide bonds. The van der Waals surface area contributed by atoms with Crippen LogP contribution in [0.15, 0.2) is 84.0 Å². The van der Waals surface area contributed by atoms with Gasteiger partial charge < -0.3 is 19.3 Å². The molecule has 0 spiro atoms. The lowest BCUT2D eigenvalue weighted by atomic mass is 10.2. The fourth-order valence-electron chi connectivity index (χ4n) is 3.71. The number of aliphatic hydroxyl groups excluding tert-OH is 1. The zero-order valence-corrected chi connectivity index (χ0v) is 22.7. The van der Waals surface area contributed by atoms with Crippen molar-refractivity contribution in [3.8, 4) is 34.5 Å². The van der Waals surface area contributed by atoms with Crippen LogP contribution in [0.4, 0.5) is 5.82 Å². The largest absolute Gasteiger partial charge is 0.493 e. The maximum absolute atomic E-state index is 14.1. The zero-order valence-electron chi connectivity index (χ0n) is 21.9. The number of para-hydroxylation sites is 2. The molecule has 0 aliphatic rings. The maximum atomic E-state index is 14.1. The van der Waals surface area contributed by atoms with Crippen molar-refractivity contribution >= 4 is 15.8 Å². The van der Waals surface area contributed by atoms with Crippen LogP contribution in [0.25, 0.3) is 11.4 Å². The molecule has 39 heavy (non-hydrogen) atoms. The van der Waals surface area contributed by atoms with Crippen molar-refractivity contribution < 1.29 is 27.7 Å². The lowest BCUT2D eigenvalue weighted by Gasteiger charge is -2.28. The van der Waals surface area contributed by atoms with E-state index in [9.17, 15) is 13.5 Å². The highest BCUT2D eigenvalue weighted by molar-refractivity contribution is 7.92. The average molecular weight is 551 g/mol. The van der Waals surface area contributed by atoms with E-state index in [1.807, 2.05) is 13.8 Å². The number of aliphatic hydroxyl groups is 1. The Labute approximate surface area is 227 Å². The first-order chi connectivity index (χ1) is 18.8. The van der Waals surface area contributed by atoms with Gasteiger partial charge in [0.05, 0.1) is 18.6 Å². The van der Waals surface area contributed by atoms with E-state index in [4.69, 9.17) is 19.2 Å². The molecule has 10 nitrogen and oxygen atoms in total. The van der Waals surface area contributed by atoms with Crippen LogP contribution in [-0.4, -0.2) is 55.3 Å². The molecule has 0 bridgehead atoms. The topological polar surface area (TPSA) is 124 Å². The maximum Gasteiger partial charge on any atom is 0.265 e. The van der Waals surface area contributed by atoms with Crippen molar-refractivity contribution in [3.05, 3.63) is 79.1 Å². The summed E-state index contributed by atoms with van der Waals surface area (Å²) >= 11 is 0. The van der Waals surface area contributed by atoms with Gasteiger partial charge in [0, 0.05) is 24.5 Å². The van der Waals surface area contributed by atoms with Crippen molar-refractivity contribution in [3.63, 3.8) is 0 Å². The summed E-state index contributed by atoms with van der Waals surface area (Å²) in [6.45, 7) is 3.50. The molecule has 0 radical (unpaired) electrons. The summed E-state index contributed by atoms with van der Waals surface area (Å²) < 4.78 is 46.9. The van der Waals surface area contributed by atoms with Gasteiger partial charge in [0.25, 0.3) is 15.9 Å². The highest BCUT2D eigenvalue weighted by atomic mass is 32.2. The predicted molar refractivity (Wildman–Crippen MR) is 147 cm³/mol. The van der Waals surface area contributed by atoms with Crippen LogP contribution in [0.2, 0.25) is 0 Å². The molecule has 11 heteroatoms. The van der Waals surface area contributed by atoms with Gasteiger partial charge >= 0.3 is 0 Å². The van der Waals surface area contributed by atoms with Gasteiger partial charge in [-0.05, 0) is 42.3 Å². The fourth-order valence-corrected chi connectivity index (χ4v) is 5.31. The highest BCUT2D eigenvalue weighted by Gasteiger charge is 2.33. The second-order valence-corrected chi connectivity index (χ2v) is 10.7. The van der Waals surface area contributed by atoms with Crippen LogP contribution in [0.5, 0.6) is 23.1 Å². The summed E-state index contributed by atoms with van der Waals surface area (Å²) in [7, 11) is -2.60. The minimum atomic E-state index is -4.10. The van der Waals surface area contributed by atoms with E-state index in [0.717, 1.165) is 0 Å². The molecule has 0 atom stereocenters. The van der Waals surface area contributed by atoms with E-state index >= 15 is 0 Å². The van der Waals surface area contributed by atoms with Crippen LogP contribution < -0.4 is 18.5 Å². The Morgan fingerprint density at radius 1 is 0.923 bits per heavy atom. The van der Waals surface area contributed by atoms with Crippen LogP contribution in [0, 0.1) is 5.92 Å². The molecule has 0 aliphatic carbocycles. The Balaban J connectivity index is 2.02. The van der Waals surface area contributed by atoms with Gasteiger partial charge in [-0.15, -0.1) is 0 Å². The Kier molecular flexibility index (Phi) is 8.95. The normalized spacial score (nSPS) is 11.3. The molecule has 2 heterocycles. The van der Waals surface area contributed by atoms with Crippen molar-refractivity contribution in [2.24, 2.45) is 5.92 Å². The summed E-state index contributed by atoms with van der Waals surface area (Å²) in [5.41, 5.74) is 0.588. The molecule has 1 N–H and O–H groups in total. The third-order valence-corrected chi connectivity index (χ3v) is 7.23. The van der Waals surface area contributed by atoms with Crippen molar-refractivity contribution in [1.82, 2.24) is 15.0 Å². The number of pyridine rings is 1. The van der Waals surface area contributed by atoms with Crippen LogP contribution in [0.1, 0.15) is 13.8 Å². The summed E-state index contributed by atoms with van der Waals surface area (Å²) in [5, 5.41) is 9.51. The molecule has 0 aliphatic heterocycles. The van der Waals surface area contributed by atoms with E-state index in [1.165, 1.54) is 23.5 Å². The SMILES string of the molecule is COc1ccccc1Oc1c(OCCO)nc(-c2ccncc2)nc1N(CC(C)C)S(=O)(=O)c1ccccc1. The summed E-state index contributed by atoms with van der Waals surface area (Å²) in [6.07, 6.45) is 3.16. The van der Waals surface area contributed by atoms with E-state index in [2.05, 4.69) is 9.97 Å². The van der Waals surface area contributed by atoms with E-state index in [-0.39, 0.29) is 53.8 Å². The fraction of sp³-hybridized carbons (Fsp3) is 0.250. The first-order valence-electron chi connectivity index (χ1n) is 12.3. The van der Waals surface area contributed by atoms with E-state index in [0.29, 0.717) is 17.1 Å². The van der Waals surface area contributed by atoms with Crippen LogP contribution in [0.3, 0.4) is 0 Å². The standard InChI is InChI=1S/C28H30N4O6S/c1-20(2)19-32(39(34,35)22-9-5-4-6-10-22)27-25(38-24-12-8-7-11-23(24)36-3)28(37-18-17-33)31-26(30-27)21-13-15-29-16-14-21/h4-16,20,33H,17-19H2,1-3H3. The van der Waals surface area contributed by atoms with Crippen LogP contribution in [-0.2, 0) is 10.0 Å². The lowest BCUT2D eigenvalue weighted by molar-refractivity contribution is 0.192. The monoisotopic (exact) mass is 550 g/mol. The number of benzene rings is 2. The number of ether oxygens (including phenoxy) is 3. The third kappa shape index (κ3) is 6.44. The van der Waals surface area contributed by atoms with E-state index < -0.39 is 10.0 Å². The van der Waals surface area contributed by atoms with Crippen molar-refractivity contribution in [2.45, 2.75) is 18.7 Å². The van der Waals surface area contributed by atoms with Gasteiger partial charge in [-0.2, -0.15) is 4.98 Å². The average Bonchev–Trinajstić information content (AvgIpc) is 2.96. The van der Waals surface area contributed by atoms with Crippen LogP contribution >= 0.6 is 0 Å². The molecule has 2 aromatic carbocycles. The molecule has 4 rings (SSSR count). The number of hydrogen-bond donors (Lipinski definition) is 1. The van der Waals surface area contributed by atoms with Crippen molar-refractivity contribution in [2.75, 3.05) is 31.2 Å². The first kappa shape index (κ1) is 27.8. The Morgan fingerprint density at radius 3 is 2.23 bits per heavy atom. The van der Waals surface area contributed by atoms with Gasteiger partial charge in [-0.3, -0.25) is 4.98 Å². The highest BCUT2D eigenvalue weighted by Crippen LogP contribution is 2.44. The molecule has 0 unspecified atom stereocenters. The van der Waals surface area contributed by atoms with E-state index in [1.54, 1.807) is 67.0 Å². The Hall–Kier alpha value is -4.22. The molecular weight excluding hydrogens is 520 g/mol. The number of rotatable bonds is 12. The second-order valence-electron chi connectivity index (χ2n) is 8.81. The molecule has 2 aromatic heterocycles. The van der Waals surface area contributed by atoms with Gasteiger partial charge in [0.15, 0.2) is 23.1 Å². The number of aromatic nitrogens is 3. The number of nitrogens with zero attached hydrogens (tertiary/aromatic N) is 4. The minimum absolute atomic E-state index is 0.0202. The third-order valence-electron chi connectivity index (χ3n) is 5.46. The summed E-state index contributed by atoms with van der Waals surface area (Å²) in [5.74, 6) is 0.740. The molecule has 0 saturated carbocycles. The predicted octanol–water partition coefficient (Wildman–Crippen LogP) is 4.56. The smallest absolute Gasteiger partial charge is 0.265 e. The Morgan fingerprint density at radius 2 is 1.59 bits per heavy atom.